The van der Waals surface area contributed by atoms with Gasteiger partial charge in [-0.2, -0.15) is 0 Å². The number of phenols is 1. The highest BCUT2D eigenvalue weighted by Crippen LogP contribution is 2.21. The lowest BCUT2D eigenvalue weighted by atomic mass is 10.1. The number of ether oxygens (including phenoxy) is 1. The Morgan fingerprint density at radius 3 is 2.45 bits per heavy atom. The Hall–Kier alpha value is -1.71. The predicted octanol–water partition coefficient (Wildman–Crippen LogP) is 3.88. The molecule has 0 spiro atoms. The maximum atomic E-state index is 11.7. The van der Waals surface area contributed by atoms with Crippen molar-refractivity contribution < 1.29 is 14.6 Å². The normalized spacial score (nSPS) is 10.4. The predicted molar refractivity (Wildman–Crippen MR) is 80.8 cm³/mol. The van der Waals surface area contributed by atoms with Gasteiger partial charge in [0.15, 0.2) is 0 Å². The van der Waals surface area contributed by atoms with Gasteiger partial charge in [-0.1, -0.05) is 45.4 Å². The van der Waals surface area contributed by atoms with Crippen LogP contribution in [0.5, 0.6) is 5.75 Å². The second-order valence-electron chi connectivity index (χ2n) is 5.03. The lowest BCUT2D eigenvalue weighted by molar-refractivity contribution is 0.0494. The van der Waals surface area contributed by atoms with Gasteiger partial charge in [0.2, 0.25) is 0 Å². The standard InChI is InChI=1S/C16H25NO3/c1-2-3-4-5-6-7-8-11-20-16(19)14-10-9-13(17)12-15(14)18/h9-10,12,18H,2-8,11,17H2,1H3. The maximum absolute atomic E-state index is 11.7. The van der Waals surface area contributed by atoms with Gasteiger partial charge in [-0.15, -0.1) is 0 Å². The summed E-state index contributed by atoms with van der Waals surface area (Å²) >= 11 is 0. The topological polar surface area (TPSA) is 72.5 Å². The highest BCUT2D eigenvalue weighted by Gasteiger charge is 2.12. The van der Waals surface area contributed by atoms with Crippen LogP contribution in [-0.2, 0) is 4.74 Å². The van der Waals surface area contributed by atoms with E-state index in [-0.39, 0.29) is 11.3 Å². The van der Waals surface area contributed by atoms with Crippen LogP contribution in [0, 0.1) is 0 Å². The third kappa shape index (κ3) is 5.95. The molecule has 0 fully saturated rings. The number of nitrogen functional groups attached to an aromatic ring is 1. The lowest BCUT2D eigenvalue weighted by Gasteiger charge is -2.07. The van der Waals surface area contributed by atoms with Crippen LogP contribution in [0.3, 0.4) is 0 Å². The van der Waals surface area contributed by atoms with E-state index in [0.29, 0.717) is 12.3 Å². The number of hydrogen-bond donors (Lipinski definition) is 2. The fourth-order valence-electron chi connectivity index (χ4n) is 2.02. The first kappa shape index (κ1) is 16.3. The van der Waals surface area contributed by atoms with Gasteiger partial charge >= 0.3 is 5.97 Å². The number of phenolic OH excluding ortho intramolecular Hbond substituents is 1. The third-order valence-corrected chi connectivity index (χ3v) is 3.22. The van der Waals surface area contributed by atoms with Crippen LogP contribution in [0.1, 0.15) is 62.2 Å². The highest BCUT2D eigenvalue weighted by molar-refractivity contribution is 5.92. The number of nitrogens with two attached hydrogens (primary N) is 1. The van der Waals surface area contributed by atoms with Crippen LogP contribution < -0.4 is 5.73 Å². The number of anilines is 1. The zero-order valence-electron chi connectivity index (χ0n) is 12.2. The van der Waals surface area contributed by atoms with E-state index in [1.54, 1.807) is 6.07 Å². The van der Waals surface area contributed by atoms with Crippen molar-refractivity contribution in [2.45, 2.75) is 51.9 Å². The minimum absolute atomic E-state index is 0.130. The summed E-state index contributed by atoms with van der Waals surface area (Å²) in [5, 5.41) is 9.60. The van der Waals surface area contributed by atoms with E-state index in [4.69, 9.17) is 10.5 Å². The van der Waals surface area contributed by atoms with Gasteiger partial charge in [0.05, 0.1) is 6.61 Å². The molecule has 0 aromatic heterocycles. The summed E-state index contributed by atoms with van der Waals surface area (Å²) in [6, 6.07) is 4.41. The number of benzene rings is 1. The molecule has 112 valence electrons. The van der Waals surface area contributed by atoms with E-state index in [1.807, 2.05) is 0 Å². The molecule has 0 saturated carbocycles. The van der Waals surface area contributed by atoms with Crippen molar-refractivity contribution >= 4 is 11.7 Å². The molecule has 3 N–H and O–H groups in total. The van der Waals surface area contributed by atoms with Crippen LogP contribution in [0.25, 0.3) is 0 Å². The Bertz CT molecular complexity index is 418. The maximum Gasteiger partial charge on any atom is 0.341 e. The smallest absolute Gasteiger partial charge is 0.341 e. The molecule has 0 amide bonds. The molecule has 0 unspecified atom stereocenters. The molecule has 4 heteroatoms. The monoisotopic (exact) mass is 279 g/mol. The third-order valence-electron chi connectivity index (χ3n) is 3.22. The molecule has 0 atom stereocenters. The molecule has 0 aliphatic rings. The fraction of sp³-hybridized carbons (Fsp3) is 0.562. The van der Waals surface area contributed by atoms with Crippen molar-refractivity contribution in [1.29, 1.82) is 0 Å². The van der Waals surface area contributed by atoms with Crippen LogP contribution in [0.2, 0.25) is 0 Å². The summed E-state index contributed by atoms with van der Waals surface area (Å²) in [5.41, 5.74) is 6.10. The summed E-state index contributed by atoms with van der Waals surface area (Å²) in [5.74, 6) is -0.622. The molecule has 1 aromatic carbocycles. The quantitative estimate of drug-likeness (QED) is 0.409. The van der Waals surface area contributed by atoms with Crippen molar-refractivity contribution in [2.75, 3.05) is 12.3 Å². The van der Waals surface area contributed by atoms with E-state index in [0.717, 1.165) is 12.8 Å². The Morgan fingerprint density at radius 1 is 1.15 bits per heavy atom. The van der Waals surface area contributed by atoms with E-state index in [9.17, 15) is 9.90 Å². The number of unbranched alkanes of at least 4 members (excludes halogenated alkanes) is 6. The average molecular weight is 279 g/mol. The van der Waals surface area contributed by atoms with E-state index in [2.05, 4.69) is 6.92 Å². The Kier molecular flexibility index (Phi) is 7.55. The molecule has 0 heterocycles. The average Bonchev–Trinajstić information content (AvgIpc) is 2.41. The van der Waals surface area contributed by atoms with Crippen LogP contribution >= 0.6 is 0 Å². The van der Waals surface area contributed by atoms with Crippen LogP contribution in [0.15, 0.2) is 18.2 Å². The number of aromatic hydroxyl groups is 1. The molecular formula is C16H25NO3. The minimum Gasteiger partial charge on any atom is -0.507 e. The van der Waals surface area contributed by atoms with Gasteiger partial charge in [0.25, 0.3) is 0 Å². The summed E-state index contributed by atoms with van der Waals surface area (Å²) in [6.07, 6.45) is 8.22. The molecular weight excluding hydrogens is 254 g/mol. The number of carbonyl (C=O) groups is 1. The van der Waals surface area contributed by atoms with E-state index < -0.39 is 5.97 Å². The van der Waals surface area contributed by atoms with Crippen LogP contribution in [-0.4, -0.2) is 17.7 Å². The summed E-state index contributed by atoms with van der Waals surface area (Å²) in [4.78, 5) is 11.7. The van der Waals surface area contributed by atoms with Crippen molar-refractivity contribution in [1.82, 2.24) is 0 Å². The van der Waals surface area contributed by atoms with Crippen molar-refractivity contribution in [2.24, 2.45) is 0 Å². The van der Waals surface area contributed by atoms with E-state index >= 15 is 0 Å². The number of esters is 1. The Labute approximate surface area is 120 Å². The molecule has 0 radical (unpaired) electrons. The summed E-state index contributed by atoms with van der Waals surface area (Å²) in [7, 11) is 0. The van der Waals surface area contributed by atoms with Gasteiger partial charge in [0.1, 0.15) is 11.3 Å². The molecule has 4 nitrogen and oxygen atoms in total. The molecule has 1 rings (SSSR count). The number of hydrogen-bond acceptors (Lipinski definition) is 4. The fourth-order valence-corrected chi connectivity index (χ4v) is 2.02. The van der Waals surface area contributed by atoms with Crippen molar-refractivity contribution in [3.8, 4) is 5.75 Å². The first-order chi connectivity index (χ1) is 9.65. The van der Waals surface area contributed by atoms with Crippen molar-refractivity contribution in [3.63, 3.8) is 0 Å². The van der Waals surface area contributed by atoms with Gasteiger partial charge in [-0.25, -0.2) is 4.79 Å². The van der Waals surface area contributed by atoms with E-state index in [1.165, 1.54) is 44.2 Å². The molecule has 0 aliphatic carbocycles. The second kappa shape index (κ2) is 9.23. The Morgan fingerprint density at radius 2 is 1.80 bits per heavy atom. The molecule has 0 saturated heterocycles. The molecule has 0 bridgehead atoms. The van der Waals surface area contributed by atoms with Gasteiger partial charge in [-0.05, 0) is 18.6 Å². The number of carbonyl (C=O) groups excluding carboxylic acids is 1. The molecule has 0 aliphatic heterocycles. The van der Waals surface area contributed by atoms with Gasteiger partial charge in [-0.3, -0.25) is 0 Å². The van der Waals surface area contributed by atoms with Crippen LogP contribution in [0.4, 0.5) is 5.69 Å². The number of rotatable bonds is 9. The minimum atomic E-state index is -0.492. The first-order valence-electron chi connectivity index (χ1n) is 7.40. The largest absolute Gasteiger partial charge is 0.507 e. The van der Waals surface area contributed by atoms with Gasteiger partial charge < -0.3 is 15.6 Å². The summed E-state index contributed by atoms with van der Waals surface area (Å²) < 4.78 is 5.14. The second-order valence-corrected chi connectivity index (χ2v) is 5.03. The lowest BCUT2D eigenvalue weighted by Crippen LogP contribution is -2.07. The van der Waals surface area contributed by atoms with Crippen molar-refractivity contribution in [3.05, 3.63) is 23.8 Å². The highest BCUT2D eigenvalue weighted by atomic mass is 16.5. The SMILES string of the molecule is CCCCCCCCCOC(=O)c1ccc(N)cc1O. The zero-order chi connectivity index (χ0) is 14.8. The zero-order valence-corrected chi connectivity index (χ0v) is 12.2. The molecule has 20 heavy (non-hydrogen) atoms. The summed E-state index contributed by atoms with van der Waals surface area (Å²) in [6.45, 7) is 2.60. The molecule has 1 aromatic rings. The van der Waals surface area contributed by atoms with Gasteiger partial charge in [0, 0.05) is 11.8 Å². The Balaban J connectivity index is 2.17. The first-order valence-corrected chi connectivity index (χ1v) is 7.40.